The number of carbonyl (C=O) groups excluding carboxylic acids is 1. The molecular weight excluding hydrogens is 297 g/mol. The molecule has 0 spiro atoms. The van der Waals surface area contributed by atoms with E-state index in [0.29, 0.717) is 25.3 Å². The summed E-state index contributed by atoms with van der Waals surface area (Å²) >= 11 is 0. The molecule has 23 heavy (non-hydrogen) atoms. The largest absolute Gasteiger partial charge is 0.360 e. The number of nitrogens with two attached hydrogens (primary N) is 1. The summed E-state index contributed by atoms with van der Waals surface area (Å²) < 4.78 is 13.1. The lowest BCUT2D eigenvalue weighted by atomic mass is 10.2. The summed E-state index contributed by atoms with van der Waals surface area (Å²) in [4.78, 5) is 16.2. The first-order valence-corrected chi connectivity index (χ1v) is 7.48. The standard InChI is InChI=1S/C16H20FN5O/c17-14-2-1-3-15(10-14)20-12-13(11-19)16(23)22-8-6-21(5-4-18)7-9-22/h1-3,10,12,20H,4-9,18H2/b13-12-. The van der Waals surface area contributed by atoms with Gasteiger partial charge in [0, 0.05) is 51.2 Å². The number of benzene rings is 1. The predicted molar refractivity (Wildman–Crippen MR) is 85.8 cm³/mol. The van der Waals surface area contributed by atoms with Gasteiger partial charge >= 0.3 is 0 Å². The summed E-state index contributed by atoms with van der Waals surface area (Å²) in [6, 6.07) is 7.73. The fourth-order valence-corrected chi connectivity index (χ4v) is 2.40. The number of nitrogens with zero attached hydrogens (tertiary/aromatic N) is 3. The first kappa shape index (κ1) is 16.9. The molecule has 0 atom stereocenters. The van der Waals surface area contributed by atoms with Gasteiger partial charge in [-0.2, -0.15) is 5.26 Å². The molecule has 0 radical (unpaired) electrons. The fraction of sp³-hybridized carbons (Fsp3) is 0.375. The molecule has 1 fully saturated rings. The van der Waals surface area contributed by atoms with Gasteiger partial charge in [-0.05, 0) is 18.2 Å². The van der Waals surface area contributed by atoms with Gasteiger partial charge in [-0.1, -0.05) is 6.07 Å². The fourth-order valence-electron chi connectivity index (χ4n) is 2.40. The van der Waals surface area contributed by atoms with Crippen LogP contribution in [0.4, 0.5) is 10.1 Å². The van der Waals surface area contributed by atoms with Gasteiger partial charge in [0.1, 0.15) is 17.5 Å². The molecule has 0 unspecified atom stereocenters. The van der Waals surface area contributed by atoms with Crippen LogP contribution in [-0.4, -0.2) is 55.0 Å². The van der Waals surface area contributed by atoms with E-state index < -0.39 is 0 Å². The Balaban J connectivity index is 1.96. The molecular formula is C16H20FN5O. The van der Waals surface area contributed by atoms with Crippen molar-refractivity contribution in [3.63, 3.8) is 0 Å². The molecule has 1 aromatic carbocycles. The topological polar surface area (TPSA) is 85.4 Å². The maximum absolute atomic E-state index is 13.1. The minimum Gasteiger partial charge on any atom is -0.360 e. The number of carbonyl (C=O) groups is 1. The molecule has 6 nitrogen and oxygen atoms in total. The van der Waals surface area contributed by atoms with Gasteiger partial charge in [-0.3, -0.25) is 9.69 Å². The first-order chi connectivity index (χ1) is 11.1. The third kappa shape index (κ3) is 4.77. The highest BCUT2D eigenvalue weighted by atomic mass is 19.1. The first-order valence-electron chi connectivity index (χ1n) is 7.48. The third-order valence-electron chi connectivity index (χ3n) is 3.66. The van der Waals surface area contributed by atoms with Crippen LogP contribution in [0, 0.1) is 17.1 Å². The van der Waals surface area contributed by atoms with Gasteiger partial charge in [0.15, 0.2) is 0 Å². The van der Waals surface area contributed by atoms with Crippen LogP contribution in [0.5, 0.6) is 0 Å². The van der Waals surface area contributed by atoms with Crippen LogP contribution in [0.3, 0.4) is 0 Å². The number of rotatable bonds is 5. The van der Waals surface area contributed by atoms with E-state index in [1.165, 1.54) is 18.3 Å². The molecule has 122 valence electrons. The van der Waals surface area contributed by atoms with Crippen molar-refractivity contribution in [1.82, 2.24) is 9.80 Å². The molecule has 1 aliphatic rings. The zero-order valence-electron chi connectivity index (χ0n) is 12.8. The number of halogens is 1. The van der Waals surface area contributed by atoms with Gasteiger partial charge in [0.25, 0.3) is 5.91 Å². The van der Waals surface area contributed by atoms with Crippen molar-refractivity contribution in [2.24, 2.45) is 5.73 Å². The average Bonchev–Trinajstić information content (AvgIpc) is 2.56. The van der Waals surface area contributed by atoms with Gasteiger partial charge in [-0.15, -0.1) is 0 Å². The van der Waals surface area contributed by atoms with Crippen molar-refractivity contribution in [3.8, 4) is 6.07 Å². The number of hydrogen-bond acceptors (Lipinski definition) is 5. The minimum absolute atomic E-state index is 0.00142. The van der Waals surface area contributed by atoms with Crippen LogP contribution in [0.1, 0.15) is 0 Å². The molecule has 1 aromatic rings. The van der Waals surface area contributed by atoms with Crippen LogP contribution in [0.2, 0.25) is 0 Å². The molecule has 0 aliphatic carbocycles. The molecule has 1 saturated heterocycles. The van der Waals surface area contributed by atoms with Crippen molar-refractivity contribution >= 4 is 11.6 Å². The Bertz CT molecular complexity index is 617. The highest BCUT2D eigenvalue weighted by Crippen LogP contribution is 2.11. The smallest absolute Gasteiger partial charge is 0.266 e. The van der Waals surface area contributed by atoms with Gasteiger partial charge in [0.2, 0.25) is 0 Å². The molecule has 3 N–H and O–H groups in total. The highest BCUT2D eigenvalue weighted by molar-refractivity contribution is 5.97. The Kier molecular flexibility index (Phi) is 6.09. The molecule has 7 heteroatoms. The number of amides is 1. The molecule has 0 aromatic heterocycles. The summed E-state index contributed by atoms with van der Waals surface area (Å²) in [5.74, 6) is -0.701. The summed E-state index contributed by atoms with van der Waals surface area (Å²) in [6.07, 6.45) is 1.32. The van der Waals surface area contributed by atoms with Crippen molar-refractivity contribution in [1.29, 1.82) is 5.26 Å². The molecule has 0 bridgehead atoms. The zero-order valence-corrected chi connectivity index (χ0v) is 12.8. The lowest BCUT2D eigenvalue weighted by molar-refractivity contribution is -0.128. The Hall–Kier alpha value is -2.43. The number of hydrogen-bond donors (Lipinski definition) is 2. The molecule has 1 heterocycles. The van der Waals surface area contributed by atoms with Crippen LogP contribution < -0.4 is 11.1 Å². The SMILES string of the molecule is N#C/C(=C/Nc1cccc(F)c1)C(=O)N1CCN(CCN)CC1. The average molecular weight is 317 g/mol. The Morgan fingerprint density at radius 2 is 2.13 bits per heavy atom. The second-order valence-electron chi connectivity index (χ2n) is 5.25. The molecule has 2 rings (SSSR count). The summed E-state index contributed by atoms with van der Waals surface area (Å²) in [7, 11) is 0. The lowest BCUT2D eigenvalue weighted by Gasteiger charge is -2.34. The monoisotopic (exact) mass is 317 g/mol. The van der Waals surface area contributed by atoms with E-state index in [1.54, 1.807) is 17.0 Å². The van der Waals surface area contributed by atoms with E-state index in [4.69, 9.17) is 5.73 Å². The van der Waals surface area contributed by atoms with Crippen LogP contribution in [-0.2, 0) is 4.79 Å². The Morgan fingerprint density at radius 3 is 2.74 bits per heavy atom. The number of nitrogens with one attached hydrogen (secondary N) is 1. The normalized spacial score (nSPS) is 16.0. The van der Waals surface area contributed by atoms with Gasteiger partial charge in [-0.25, -0.2) is 4.39 Å². The van der Waals surface area contributed by atoms with E-state index in [-0.39, 0.29) is 17.3 Å². The van der Waals surface area contributed by atoms with Crippen molar-refractivity contribution in [2.75, 3.05) is 44.6 Å². The van der Waals surface area contributed by atoms with Gasteiger partial charge in [0.05, 0.1) is 0 Å². The number of piperazine rings is 1. The second kappa shape index (κ2) is 8.27. The third-order valence-corrected chi connectivity index (χ3v) is 3.66. The van der Waals surface area contributed by atoms with Gasteiger partial charge < -0.3 is 16.0 Å². The molecule has 1 aliphatic heterocycles. The van der Waals surface area contributed by atoms with E-state index in [0.717, 1.165) is 19.6 Å². The second-order valence-corrected chi connectivity index (χ2v) is 5.25. The van der Waals surface area contributed by atoms with E-state index in [1.807, 2.05) is 6.07 Å². The predicted octanol–water partition coefficient (Wildman–Crippen LogP) is 0.748. The van der Waals surface area contributed by atoms with Crippen molar-refractivity contribution in [3.05, 3.63) is 41.9 Å². The Morgan fingerprint density at radius 1 is 1.39 bits per heavy atom. The maximum atomic E-state index is 13.1. The Labute approximate surface area is 135 Å². The van der Waals surface area contributed by atoms with Crippen LogP contribution >= 0.6 is 0 Å². The minimum atomic E-state index is -0.385. The van der Waals surface area contributed by atoms with E-state index in [2.05, 4.69) is 10.2 Å². The molecule has 0 saturated carbocycles. The van der Waals surface area contributed by atoms with Crippen LogP contribution in [0.25, 0.3) is 0 Å². The summed E-state index contributed by atoms with van der Waals surface area (Å²) in [5.41, 5.74) is 6.01. The van der Waals surface area contributed by atoms with E-state index in [9.17, 15) is 14.4 Å². The number of nitriles is 1. The summed E-state index contributed by atoms with van der Waals surface area (Å²) in [5, 5.41) is 12.0. The van der Waals surface area contributed by atoms with Crippen LogP contribution in [0.15, 0.2) is 36.0 Å². The maximum Gasteiger partial charge on any atom is 0.266 e. The number of anilines is 1. The lowest BCUT2D eigenvalue weighted by Crippen LogP contribution is -2.50. The highest BCUT2D eigenvalue weighted by Gasteiger charge is 2.23. The zero-order chi connectivity index (χ0) is 16.7. The van der Waals surface area contributed by atoms with E-state index >= 15 is 0 Å². The quantitative estimate of drug-likeness (QED) is 0.618. The molecule has 1 amide bonds. The van der Waals surface area contributed by atoms with Crippen molar-refractivity contribution < 1.29 is 9.18 Å². The van der Waals surface area contributed by atoms with Crippen molar-refractivity contribution in [2.45, 2.75) is 0 Å². The summed E-state index contributed by atoms with van der Waals surface area (Å²) in [6.45, 7) is 4.03.